The maximum atomic E-state index is 12.2. The van der Waals surface area contributed by atoms with Crippen molar-refractivity contribution in [1.29, 1.82) is 0 Å². The Morgan fingerprint density at radius 3 is 2.54 bits per heavy atom. The molecule has 0 radical (unpaired) electrons. The molecule has 0 aromatic heterocycles. The Hall–Kier alpha value is -3.47. The lowest BCUT2D eigenvalue weighted by Gasteiger charge is -2.12. The molecule has 28 heavy (non-hydrogen) atoms. The first-order chi connectivity index (χ1) is 13.7. The quantitative estimate of drug-likeness (QED) is 0.582. The van der Waals surface area contributed by atoms with Gasteiger partial charge in [-0.05, 0) is 29.8 Å². The average molecular weight is 376 g/mol. The first-order valence-electron chi connectivity index (χ1n) is 9.18. The predicted octanol–water partition coefficient (Wildman–Crippen LogP) is 4.37. The molecule has 3 aromatic carbocycles. The highest BCUT2D eigenvalue weighted by molar-refractivity contribution is 5.94. The normalized spacial score (nSPS) is 10.2. The molecule has 0 atom stereocenters. The standard InChI is InChI=1S/C23H24N2O3/c1-27-22-13-6-5-12-21(22)24-17-23(26)25-19-10-7-11-20(16-19)28-15-14-18-8-3-2-4-9-18/h2-13,16,24H,14-15,17H2,1H3,(H,25,26). The number of methoxy groups -OCH3 is 1. The fraction of sp³-hybridized carbons (Fsp3) is 0.174. The molecule has 3 aromatic rings. The zero-order valence-corrected chi connectivity index (χ0v) is 15.9. The van der Waals surface area contributed by atoms with Gasteiger partial charge in [0.15, 0.2) is 0 Å². The van der Waals surface area contributed by atoms with Crippen LogP contribution in [-0.2, 0) is 11.2 Å². The van der Waals surface area contributed by atoms with Crippen LogP contribution in [0.4, 0.5) is 11.4 Å². The topological polar surface area (TPSA) is 59.6 Å². The summed E-state index contributed by atoms with van der Waals surface area (Å²) in [6, 6.07) is 25.1. The number of ether oxygens (including phenoxy) is 2. The number of rotatable bonds is 9. The van der Waals surface area contributed by atoms with Crippen LogP contribution in [0, 0.1) is 0 Å². The number of hydrogen-bond donors (Lipinski definition) is 2. The number of carbonyl (C=O) groups is 1. The summed E-state index contributed by atoms with van der Waals surface area (Å²) in [4.78, 5) is 12.2. The van der Waals surface area contributed by atoms with Crippen molar-refractivity contribution in [3.8, 4) is 11.5 Å². The van der Waals surface area contributed by atoms with Crippen LogP contribution in [0.2, 0.25) is 0 Å². The van der Waals surface area contributed by atoms with Crippen LogP contribution < -0.4 is 20.1 Å². The van der Waals surface area contributed by atoms with E-state index in [-0.39, 0.29) is 12.5 Å². The minimum absolute atomic E-state index is 0.138. The van der Waals surface area contributed by atoms with E-state index >= 15 is 0 Å². The van der Waals surface area contributed by atoms with Gasteiger partial charge >= 0.3 is 0 Å². The first kappa shape index (κ1) is 19.3. The molecule has 0 spiro atoms. The molecule has 1 amide bonds. The minimum Gasteiger partial charge on any atom is -0.495 e. The number of carbonyl (C=O) groups excluding carboxylic acids is 1. The zero-order chi connectivity index (χ0) is 19.6. The number of benzene rings is 3. The number of amides is 1. The highest BCUT2D eigenvalue weighted by Crippen LogP contribution is 2.23. The molecule has 0 aliphatic carbocycles. The van der Waals surface area contributed by atoms with Gasteiger partial charge < -0.3 is 20.1 Å². The van der Waals surface area contributed by atoms with Gasteiger partial charge in [0.25, 0.3) is 0 Å². The zero-order valence-electron chi connectivity index (χ0n) is 15.9. The van der Waals surface area contributed by atoms with Gasteiger partial charge in [-0.1, -0.05) is 48.5 Å². The molecular formula is C23H24N2O3. The average Bonchev–Trinajstić information content (AvgIpc) is 2.73. The van der Waals surface area contributed by atoms with E-state index in [9.17, 15) is 4.79 Å². The third-order valence-corrected chi connectivity index (χ3v) is 4.17. The summed E-state index contributed by atoms with van der Waals surface area (Å²) < 4.78 is 11.1. The number of anilines is 2. The lowest BCUT2D eigenvalue weighted by molar-refractivity contribution is -0.114. The summed E-state index contributed by atoms with van der Waals surface area (Å²) in [5.74, 6) is 1.28. The molecule has 0 aliphatic rings. The van der Waals surface area contributed by atoms with Gasteiger partial charge in [0.1, 0.15) is 11.5 Å². The van der Waals surface area contributed by atoms with Gasteiger partial charge in [0, 0.05) is 18.2 Å². The molecule has 0 bridgehead atoms. The van der Waals surface area contributed by atoms with E-state index in [2.05, 4.69) is 22.8 Å². The predicted molar refractivity (Wildman–Crippen MR) is 112 cm³/mol. The van der Waals surface area contributed by atoms with E-state index in [1.165, 1.54) is 5.56 Å². The lowest BCUT2D eigenvalue weighted by atomic mass is 10.2. The second-order valence-electron chi connectivity index (χ2n) is 6.21. The summed E-state index contributed by atoms with van der Waals surface area (Å²) >= 11 is 0. The molecule has 0 aliphatic heterocycles. The van der Waals surface area contributed by atoms with E-state index in [0.717, 1.165) is 17.9 Å². The second kappa shape index (κ2) is 10.0. The lowest BCUT2D eigenvalue weighted by Crippen LogP contribution is -2.22. The Balaban J connectivity index is 1.48. The van der Waals surface area contributed by atoms with Gasteiger partial charge in [-0.15, -0.1) is 0 Å². The van der Waals surface area contributed by atoms with Crippen LogP contribution in [-0.4, -0.2) is 26.2 Å². The van der Waals surface area contributed by atoms with Crippen molar-refractivity contribution in [2.45, 2.75) is 6.42 Å². The van der Waals surface area contributed by atoms with Gasteiger partial charge in [-0.2, -0.15) is 0 Å². The number of para-hydroxylation sites is 2. The van der Waals surface area contributed by atoms with Gasteiger partial charge in [-0.3, -0.25) is 4.79 Å². The number of nitrogens with one attached hydrogen (secondary N) is 2. The van der Waals surface area contributed by atoms with Crippen molar-refractivity contribution < 1.29 is 14.3 Å². The van der Waals surface area contributed by atoms with E-state index in [1.54, 1.807) is 7.11 Å². The third-order valence-electron chi connectivity index (χ3n) is 4.17. The Morgan fingerprint density at radius 1 is 0.929 bits per heavy atom. The van der Waals surface area contributed by atoms with Crippen molar-refractivity contribution in [2.75, 3.05) is 30.9 Å². The van der Waals surface area contributed by atoms with Crippen molar-refractivity contribution in [2.24, 2.45) is 0 Å². The van der Waals surface area contributed by atoms with Crippen molar-refractivity contribution in [3.63, 3.8) is 0 Å². The summed E-state index contributed by atoms with van der Waals surface area (Å²) in [5, 5.41) is 5.96. The van der Waals surface area contributed by atoms with Crippen LogP contribution in [0.1, 0.15) is 5.56 Å². The van der Waals surface area contributed by atoms with Crippen molar-refractivity contribution in [1.82, 2.24) is 0 Å². The summed E-state index contributed by atoms with van der Waals surface area (Å²) in [6.07, 6.45) is 0.834. The molecule has 0 unspecified atom stereocenters. The van der Waals surface area contributed by atoms with E-state index in [4.69, 9.17) is 9.47 Å². The molecular weight excluding hydrogens is 352 g/mol. The molecule has 5 heteroatoms. The first-order valence-corrected chi connectivity index (χ1v) is 9.18. The van der Waals surface area contributed by atoms with Gasteiger partial charge in [0.05, 0.1) is 25.9 Å². The van der Waals surface area contributed by atoms with E-state index in [0.29, 0.717) is 18.0 Å². The summed E-state index contributed by atoms with van der Waals surface area (Å²) in [5.41, 5.74) is 2.71. The SMILES string of the molecule is COc1ccccc1NCC(=O)Nc1cccc(OCCc2ccccc2)c1. The molecule has 0 fully saturated rings. The van der Waals surface area contributed by atoms with Crippen LogP contribution in [0.25, 0.3) is 0 Å². The Morgan fingerprint density at radius 2 is 1.71 bits per heavy atom. The van der Waals surface area contributed by atoms with Crippen LogP contribution in [0.15, 0.2) is 78.9 Å². The van der Waals surface area contributed by atoms with Crippen LogP contribution in [0.5, 0.6) is 11.5 Å². The largest absolute Gasteiger partial charge is 0.495 e. The monoisotopic (exact) mass is 376 g/mol. The highest BCUT2D eigenvalue weighted by Gasteiger charge is 2.06. The molecule has 2 N–H and O–H groups in total. The van der Waals surface area contributed by atoms with Crippen molar-refractivity contribution >= 4 is 17.3 Å². The Labute approximate surface area is 165 Å². The smallest absolute Gasteiger partial charge is 0.243 e. The van der Waals surface area contributed by atoms with E-state index < -0.39 is 0 Å². The van der Waals surface area contributed by atoms with E-state index in [1.807, 2.05) is 66.7 Å². The van der Waals surface area contributed by atoms with Crippen molar-refractivity contribution in [3.05, 3.63) is 84.4 Å². The van der Waals surface area contributed by atoms with Crippen LogP contribution in [0.3, 0.4) is 0 Å². The molecule has 0 heterocycles. The van der Waals surface area contributed by atoms with Gasteiger partial charge in [0.2, 0.25) is 5.91 Å². The molecule has 144 valence electrons. The summed E-state index contributed by atoms with van der Waals surface area (Å²) in [6.45, 7) is 0.718. The number of hydrogen-bond acceptors (Lipinski definition) is 4. The maximum Gasteiger partial charge on any atom is 0.243 e. The Bertz CT molecular complexity index is 897. The molecule has 3 rings (SSSR count). The molecule has 0 saturated heterocycles. The fourth-order valence-electron chi connectivity index (χ4n) is 2.77. The fourth-order valence-corrected chi connectivity index (χ4v) is 2.77. The molecule has 5 nitrogen and oxygen atoms in total. The maximum absolute atomic E-state index is 12.2. The second-order valence-corrected chi connectivity index (χ2v) is 6.21. The summed E-state index contributed by atoms with van der Waals surface area (Å²) in [7, 11) is 1.60. The molecule has 0 saturated carbocycles. The minimum atomic E-state index is -0.146. The van der Waals surface area contributed by atoms with Gasteiger partial charge in [-0.25, -0.2) is 0 Å². The highest BCUT2D eigenvalue weighted by atomic mass is 16.5. The Kier molecular flexibility index (Phi) is 6.90. The van der Waals surface area contributed by atoms with Crippen LogP contribution >= 0.6 is 0 Å². The third kappa shape index (κ3) is 5.77.